The van der Waals surface area contributed by atoms with Gasteiger partial charge in [-0.3, -0.25) is 0 Å². The fourth-order valence-electron chi connectivity index (χ4n) is 7.74. The molecule has 0 amide bonds. The Bertz CT molecular complexity index is 2800. The highest BCUT2D eigenvalue weighted by molar-refractivity contribution is 6.28. The summed E-state index contributed by atoms with van der Waals surface area (Å²) in [4.78, 5) is 0. The topological polar surface area (TPSA) is 4.93 Å². The van der Waals surface area contributed by atoms with E-state index in [0.29, 0.717) is 0 Å². The zero-order valence-corrected chi connectivity index (χ0v) is 24.5. The molecule has 10 rings (SSSR count). The van der Waals surface area contributed by atoms with E-state index in [1.54, 1.807) is 0 Å². The average molecular weight is 570 g/mol. The molecule has 0 saturated heterocycles. The molecule has 1 heteroatoms. The third kappa shape index (κ3) is 3.50. The van der Waals surface area contributed by atoms with Crippen molar-refractivity contribution in [1.29, 1.82) is 0 Å². The van der Waals surface area contributed by atoms with Crippen LogP contribution in [0.25, 0.3) is 92.5 Å². The van der Waals surface area contributed by atoms with Crippen molar-refractivity contribution in [1.82, 2.24) is 4.57 Å². The molecule has 1 nitrogen and oxygen atoms in total. The van der Waals surface area contributed by atoms with Crippen molar-refractivity contribution < 1.29 is 0 Å². The van der Waals surface area contributed by atoms with Crippen molar-refractivity contribution in [2.45, 2.75) is 0 Å². The molecule has 45 heavy (non-hydrogen) atoms. The summed E-state index contributed by atoms with van der Waals surface area (Å²) in [5, 5.41) is 15.5. The molecular weight excluding hydrogens is 542 g/mol. The van der Waals surface area contributed by atoms with E-state index in [4.69, 9.17) is 0 Å². The molecule has 208 valence electrons. The van der Waals surface area contributed by atoms with Crippen LogP contribution >= 0.6 is 0 Å². The van der Waals surface area contributed by atoms with Gasteiger partial charge in [0, 0.05) is 16.5 Å². The molecule has 0 bridgehead atoms. The van der Waals surface area contributed by atoms with Gasteiger partial charge in [-0.2, -0.15) is 0 Å². The number of fused-ring (bicyclic) bond motifs is 12. The molecule has 0 aliphatic carbocycles. The molecule has 1 heterocycles. The molecule has 9 aromatic carbocycles. The van der Waals surface area contributed by atoms with Crippen molar-refractivity contribution in [3.8, 4) is 16.8 Å². The molecule has 10 aromatic rings. The summed E-state index contributed by atoms with van der Waals surface area (Å²) >= 11 is 0. The molecule has 1 aromatic heterocycles. The average Bonchev–Trinajstić information content (AvgIpc) is 3.46. The molecule has 0 fully saturated rings. The van der Waals surface area contributed by atoms with E-state index < -0.39 is 0 Å². The zero-order valence-electron chi connectivity index (χ0n) is 24.5. The van der Waals surface area contributed by atoms with E-state index in [1.165, 1.54) is 92.5 Å². The van der Waals surface area contributed by atoms with E-state index in [-0.39, 0.29) is 0 Å². The maximum Gasteiger partial charge on any atom is 0.0547 e. The number of rotatable bonds is 2. The first kappa shape index (κ1) is 24.5. The van der Waals surface area contributed by atoms with Crippen LogP contribution in [-0.2, 0) is 0 Å². The van der Waals surface area contributed by atoms with Crippen LogP contribution < -0.4 is 0 Å². The van der Waals surface area contributed by atoms with Crippen molar-refractivity contribution in [2.75, 3.05) is 0 Å². The van der Waals surface area contributed by atoms with Gasteiger partial charge < -0.3 is 4.57 Å². The van der Waals surface area contributed by atoms with Crippen LogP contribution in [0, 0.1) is 0 Å². The van der Waals surface area contributed by atoms with E-state index in [9.17, 15) is 0 Å². The second-order valence-corrected chi connectivity index (χ2v) is 12.1. The van der Waals surface area contributed by atoms with Gasteiger partial charge in [-0.25, -0.2) is 0 Å². The van der Waals surface area contributed by atoms with E-state index in [0.717, 1.165) is 0 Å². The molecule has 0 spiro atoms. The molecule has 0 saturated carbocycles. The van der Waals surface area contributed by atoms with Crippen molar-refractivity contribution >= 4 is 75.7 Å². The van der Waals surface area contributed by atoms with E-state index >= 15 is 0 Å². The van der Waals surface area contributed by atoms with Crippen LogP contribution in [0.4, 0.5) is 0 Å². The van der Waals surface area contributed by atoms with Crippen LogP contribution in [0.5, 0.6) is 0 Å². The summed E-state index contributed by atoms with van der Waals surface area (Å²) in [7, 11) is 0. The minimum Gasteiger partial charge on any atom is -0.309 e. The summed E-state index contributed by atoms with van der Waals surface area (Å²) in [5.74, 6) is 0. The number of aromatic nitrogens is 1. The number of nitrogens with zero attached hydrogens (tertiary/aromatic N) is 1. The second-order valence-electron chi connectivity index (χ2n) is 12.1. The Hall–Kier alpha value is -5.92. The standard InChI is InChI=1S/C44H27N/c1-2-12-33-28(10-1)22-25-43-44(33)38-17-7-8-19-42(38)45(43)31-23-20-29(21-24-31)32-18-9-11-30-26-40-36-15-5-3-13-34(36)35-14-4-6-16-37(35)41(40)27-39(30)32/h1-27H. The van der Waals surface area contributed by atoms with Gasteiger partial charge in [-0.15, -0.1) is 0 Å². The fourth-order valence-corrected chi connectivity index (χ4v) is 7.74. The zero-order chi connectivity index (χ0) is 29.5. The second kappa shape index (κ2) is 9.29. The van der Waals surface area contributed by atoms with Crippen molar-refractivity contribution in [2.24, 2.45) is 0 Å². The Balaban J connectivity index is 1.18. The first-order valence-electron chi connectivity index (χ1n) is 15.6. The highest BCUT2D eigenvalue weighted by Gasteiger charge is 2.15. The lowest BCUT2D eigenvalue weighted by molar-refractivity contribution is 1.18. The van der Waals surface area contributed by atoms with Crippen LogP contribution in [-0.4, -0.2) is 4.57 Å². The van der Waals surface area contributed by atoms with Gasteiger partial charge in [0.1, 0.15) is 0 Å². The number of benzene rings is 9. The Morgan fingerprint density at radius 2 is 0.889 bits per heavy atom. The molecule has 0 radical (unpaired) electrons. The Morgan fingerprint density at radius 3 is 1.62 bits per heavy atom. The predicted octanol–water partition coefficient (Wildman–Crippen LogP) is 12.2. The summed E-state index contributed by atoms with van der Waals surface area (Å²) in [5.41, 5.74) is 6.11. The third-order valence-corrected chi connectivity index (χ3v) is 9.74. The molecule has 0 N–H and O–H groups in total. The minimum absolute atomic E-state index is 1.17. The molecule has 0 aliphatic rings. The van der Waals surface area contributed by atoms with Crippen LogP contribution in [0.15, 0.2) is 164 Å². The van der Waals surface area contributed by atoms with E-state index in [1.807, 2.05) is 0 Å². The largest absolute Gasteiger partial charge is 0.309 e. The fraction of sp³-hybridized carbons (Fsp3) is 0. The minimum atomic E-state index is 1.17. The lowest BCUT2D eigenvalue weighted by Crippen LogP contribution is -1.94. The monoisotopic (exact) mass is 569 g/mol. The number of hydrogen-bond acceptors (Lipinski definition) is 0. The summed E-state index contributed by atoms with van der Waals surface area (Å²) in [6, 6.07) is 60.3. The summed E-state index contributed by atoms with van der Waals surface area (Å²) < 4.78 is 2.41. The molecule has 0 aliphatic heterocycles. The van der Waals surface area contributed by atoms with Gasteiger partial charge in [0.05, 0.1) is 11.0 Å². The van der Waals surface area contributed by atoms with Crippen LogP contribution in [0.2, 0.25) is 0 Å². The molecule has 0 atom stereocenters. The van der Waals surface area contributed by atoms with Gasteiger partial charge in [0.2, 0.25) is 0 Å². The van der Waals surface area contributed by atoms with Gasteiger partial charge in [0.25, 0.3) is 0 Å². The van der Waals surface area contributed by atoms with Gasteiger partial charge in [-0.05, 0) is 101 Å². The summed E-state index contributed by atoms with van der Waals surface area (Å²) in [6.45, 7) is 0. The van der Waals surface area contributed by atoms with Crippen molar-refractivity contribution in [3.63, 3.8) is 0 Å². The quantitative estimate of drug-likeness (QED) is 0.144. The highest BCUT2D eigenvalue weighted by atomic mass is 15.0. The maximum absolute atomic E-state index is 2.42. The lowest BCUT2D eigenvalue weighted by Gasteiger charge is -2.14. The smallest absolute Gasteiger partial charge is 0.0547 e. The number of para-hydroxylation sites is 1. The molecular formula is C44H27N. The lowest BCUT2D eigenvalue weighted by atomic mass is 9.90. The molecule has 0 unspecified atom stereocenters. The first-order valence-corrected chi connectivity index (χ1v) is 15.6. The first-order chi connectivity index (χ1) is 22.3. The predicted molar refractivity (Wildman–Crippen MR) is 194 cm³/mol. The van der Waals surface area contributed by atoms with Crippen molar-refractivity contribution in [3.05, 3.63) is 164 Å². The highest BCUT2D eigenvalue weighted by Crippen LogP contribution is 2.40. The van der Waals surface area contributed by atoms with Crippen LogP contribution in [0.3, 0.4) is 0 Å². The third-order valence-electron chi connectivity index (χ3n) is 9.74. The Labute approximate surface area is 260 Å². The Kier molecular flexibility index (Phi) is 5.06. The van der Waals surface area contributed by atoms with E-state index in [2.05, 4.69) is 168 Å². The summed E-state index contributed by atoms with van der Waals surface area (Å²) in [6.07, 6.45) is 0. The van der Waals surface area contributed by atoms with Gasteiger partial charge >= 0.3 is 0 Å². The number of hydrogen-bond donors (Lipinski definition) is 0. The van der Waals surface area contributed by atoms with Gasteiger partial charge in [-0.1, -0.05) is 127 Å². The Morgan fingerprint density at radius 1 is 0.311 bits per heavy atom. The maximum atomic E-state index is 2.42. The normalized spacial score (nSPS) is 12.0. The van der Waals surface area contributed by atoms with Crippen LogP contribution in [0.1, 0.15) is 0 Å². The van der Waals surface area contributed by atoms with Gasteiger partial charge in [0.15, 0.2) is 0 Å². The SMILES string of the molecule is c1cc(-c2ccc(-n3c4ccccc4c4c5ccccc5ccc43)cc2)c2cc3c4ccccc4c4ccccc4c3cc2c1.